The molecule has 0 amide bonds. The van der Waals surface area contributed by atoms with Gasteiger partial charge in [0.2, 0.25) is 0 Å². The van der Waals surface area contributed by atoms with E-state index in [2.05, 4.69) is 5.16 Å². The third-order valence-electron chi connectivity index (χ3n) is 0.675. The van der Waals surface area contributed by atoms with Crippen LogP contribution in [-0.4, -0.2) is 27.7 Å². The van der Waals surface area contributed by atoms with Gasteiger partial charge in [-0.1, -0.05) is 5.16 Å². The molecule has 1 N–H and O–H groups in total. The maximum Gasteiger partial charge on any atom is 0.135 e. The molecule has 0 radical (unpaired) electrons. The fourth-order valence-corrected chi connectivity index (χ4v) is 0.396. The zero-order valence-corrected chi connectivity index (χ0v) is 5.01. The summed E-state index contributed by atoms with van der Waals surface area (Å²) in [4.78, 5) is 10.2. The number of hydrogen-bond donors (Lipinski definition) is 1. The van der Waals surface area contributed by atoms with E-state index in [9.17, 15) is 4.79 Å². The molecule has 9 heavy (non-hydrogen) atoms. The Morgan fingerprint density at radius 1 is 1.56 bits per heavy atom. The summed E-state index contributed by atoms with van der Waals surface area (Å²) in [5.41, 5.74) is 0.456. The Hall–Kier alpha value is -0.643. The summed E-state index contributed by atoms with van der Waals surface area (Å²) in [5, 5.41) is 10.8. The third kappa shape index (κ3) is 7.36. The maximum atomic E-state index is 10.2. The molecule has 0 aliphatic carbocycles. The van der Waals surface area contributed by atoms with Gasteiger partial charge in [-0.15, -0.1) is 0 Å². The molecule has 0 unspecified atom stereocenters. The van der Waals surface area contributed by atoms with Crippen molar-refractivity contribution < 1.29 is 10.0 Å². The molecule has 0 aromatic heterocycles. The third-order valence-corrected chi connectivity index (χ3v) is 0.675. The van der Waals surface area contributed by atoms with Crippen LogP contribution < -0.4 is 0 Å². The molecule has 0 aromatic rings. The molecule has 0 aliphatic heterocycles. The summed E-state index contributed by atoms with van der Waals surface area (Å²) in [5.74, 6) is 0.0142. The standard InChI is InChI=1S/C5H9NO2.H4Si/c1-4(6-8)3-5(2)7;/h8H,3H2,1-2H3;1H4. The second-order valence-electron chi connectivity index (χ2n) is 1.71. The first-order chi connectivity index (χ1) is 3.66. The first-order valence-corrected chi connectivity index (χ1v) is 2.33. The second-order valence-corrected chi connectivity index (χ2v) is 1.71. The van der Waals surface area contributed by atoms with E-state index in [-0.39, 0.29) is 23.2 Å². The quantitative estimate of drug-likeness (QED) is 0.244. The van der Waals surface area contributed by atoms with E-state index in [1.165, 1.54) is 6.92 Å². The van der Waals surface area contributed by atoms with Crippen LogP contribution in [0.2, 0.25) is 0 Å². The van der Waals surface area contributed by atoms with E-state index in [4.69, 9.17) is 5.21 Å². The van der Waals surface area contributed by atoms with Crippen molar-refractivity contribution in [3.8, 4) is 0 Å². The van der Waals surface area contributed by atoms with Crippen molar-refractivity contribution in [3.05, 3.63) is 0 Å². The lowest BCUT2D eigenvalue weighted by Crippen LogP contribution is -1.98. The normalized spacial score (nSPS) is 10.2. The van der Waals surface area contributed by atoms with Crippen LogP contribution >= 0.6 is 0 Å². The SMILES string of the molecule is CC(=O)CC(C)=NO.[SiH4]. The molecule has 0 bridgehead atoms. The zero-order chi connectivity index (χ0) is 6.57. The Labute approximate surface area is 58.8 Å². The van der Waals surface area contributed by atoms with Gasteiger partial charge in [-0.25, -0.2) is 0 Å². The van der Waals surface area contributed by atoms with Crippen molar-refractivity contribution in [2.75, 3.05) is 0 Å². The lowest BCUT2D eigenvalue weighted by atomic mass is 10.2. The van der Waals surface area contributed by atoms with Gasteiger partial charge in [-0.3, -0.25) is 4.79 Å². The summed E-state index contributed by atoms with van der Waals surface area (Å²) in [6.45, 7) is 3.05. The number of carbonyl (C=O) groups excluding carboxylic acids is 1. The smallest absolute Gasteiger partial charge is 0.135 e. The van der Waals surface area contributed by atoms with E-state index in [0.717, 1.165) is 0 Å². The minimum absolute atomic E-state index is 0. The van der Waals surface area contributed by atoms with Gasteiger partial charge in [-0.05, 0) is 24.8 Å². The van der Waals surface area contributed by atoms with E-state index in [0.29, 0.717) is 5.71 Å². The molecule has 0 rings (SSSR count). The molecule has 54 valence electrons. The number of hydrogen-bond acceptors (Lipinski definition) is 3. The molecule has 0 atom stereocenters. The Kier molecular flexibility index (Phi) is 6.83. The Morgan fingerprint density at radius 2 is 2.00 bits per heavy atom. The summed E-state index contributed by atoms with van der Waals surface area (Å²) >= 11 is 0. The molecule has 3 nitrogen and oxygen atoms in total. The Balaban J connectivity index is 0. The van der Waals surface area contributed by atoms with Gasteiger partial charge in [0.05, 0.1) is 5.71 Å². The van der Waals surface area contributed by atoms with Crippen molar-refractivity contribution in [3.63, 3.8) is 0 Å². The van der Waals surface area contributed by atoms with Crippen molar-refractivity contribution in [2.45, 2.75) is 20.3 Å². The van der Waals surface area contributed by atoms with Crippen molar-refractivity contribution in [1.82, 2.24) is 0 Å². The van der Waals surface area contributed by atoms with Gasteiger partial charge in [0, 0.05) is 6.42 Å². The van der Waals surface area contributed by atoms with Gasteiger partial charge in [0.1, 0.15) is 5.78 Å². The number of rotatable bonds is 2. The molecule has 4 heteroatoms. The highest BCUT2D eigenvalue weighted by Crippen LogP contribution is 1.84. The highest BCUT2D eigenvalue weighted by molar-refractivity contribution is 5.99. The molecule has 0 fully saturated rings. The van der Waals surface area contributed by atoms with Crippen LogP contribution in [0.5, 0.6) is 0 Å². The lowest BCUT2D eigenvalue weighted by Gasteiger charge is -1.88. The number of oxime groups is 1. The first-order valence-electron chi connectivity index (χ1n) is 2.33. The van der Waals surface area contributed by atoms with Crippen LogP contribution in [0.1, 0.15) is 20.3 Å². The van der Waals surface area contributed by atoms with Gasteiger partial charge >= 0.3 is 0 Å². The van der Waals surface area contributed by atoms with E-state index in [1.807, 2.05) is 0 Å². The molecule has 0 heterocycles. The zero-order valence-electron chi connectivity index (χ0n) is 5.01. The predicted octanol–water partition coefficient (Wildman–Crippen LogP) is -0.636. The first kappa shape index (κ1) is 11.2. The van der Waals surface area contributed by atoms with Gasteiger partial charge in [0.15, 0.2) is 0 Å². The largest absolute Gasteiger partial charge is 0.411 e. The van der Waals surface area contributed by atoms with Crippen LogP contribution in [0.3, 0.4) is 0 Å². The summed E-state index contributed by atoms with van der Waals surface area (Å²) in [6, 6.07) is 0. The number of ketones is 1. The summed E-state index contributed by atoms with van der Waals surface area (Å²) in [7, 11) is 0. The fourth-order valence-electron chi connectivity index (χ4n) is 0.396. The Bertz CT molecular complexity index is 122. The second kappa shape index (κ2) is 5.49. The van der Waals surface area contributed by atoms with Crippen molar-refractivity contribution in [1.29, 1.82) is 0 Å². The minimum atomic E-state index is 0. The minimum Gasteiger partial charge on any atom is -0.411 e. The monoisotopic (exact) mass is 147 g/mol. The van der Waals surface area contributed by atoms with E-state index < -0.39 is 0 Å². The summed E-state index contributed by atoms with van der Waals surface area (Å²) in [6.07, 6.45) is 0.247. The van der Waals surface area contributed by atoms with Gasteiger partial charge in [0.25, 0.3) is 0 Å². The van der Waals surface area contributed by atoms with E-state index >= 15 is 0 Å². The topological polar surface area (TPSA) is 49.7 Å². The van der Waals surface area contributed by atoms with Gasteiger partial charge < -0.3 is 5.21 Å². The van der Waals surface area contributed by atoms with E-state index in [1.54, 1.807) is 6.92 Å². The van der Waals surface area contributed by atoms with Crippen LogP contribution in [0.25, 0.3) is 0 Å². The number of nitrogens with zero attached hydrogens (tertiary/aromatic N) is 1. The fraction of sp³-hybridized carbons (Fsp3) is 0.600. The molecule has 0 aliphatic rings. The Morgan fingerprint density at radius 3 is 2.11 bits per heavy atom. The molecular formula is C5H13NO2Si. The average molecular weight is 147 g/mol. The molecule has 0 aromatic carbocycles. The highest BCUT2D eigenvalue weighted by Gasteiger charge is 1.94. The van der Waals surface area contributed by atoms with Crippen LogP contribution in [0, 0.1) is 0 Å². The number of carbonyl (C=O) groups is 1. The summed E-state index contributed by atoms with van der Waals surface area (Å²) < 4.78 is 0. The lowest BCUT2D eigenvalue weighted by molar-refractivity contribution is -0.115. The average Bonchev–Trinajstić information content (AvgIpc) is 1.65. The van der Waals surface area contributed by atoms with Crippen LogP contribution in [0.15, 0.2) is 5.16 Å². The maximum absolute atomic E-state index is 10.2. The molecule has 0 saturated heterocycles. The van der Waals surface area contributed by atoms with Crippen LogP contribution in [0.4, 0.5) is 0 Å². The predicted molar refractivity (Wildman–Crippen MR) is 41.5 cm³/mol. The highest BCUT2D eigenvalue weighted by atomic mass is 28.1. The van der Waals surface area contributed by atoms with Crippen molar-refractivity contribution >= 4 is 22.5 Å². The van der Waals surface area contributed by atoms with Gasteiger partial charge in [-0.2, -0.15) is 0 Å². The molecular weight excluding hydrogens is 134 g/mol. The van der Waals surface area contributed by atoms with Crippen LogP contribution in [-0.2, 0) is 4.79 Å². The molecule has 0 saturated carbocycles. The molecule has 0 spiro atoms. The number of Topliss-reactive ketones (excluding diaryl/α,β-unsaturated/α-hetero) is 1. The van der Waals surface area contributed by atoms with Crippen molar-refractivity contribution in [2.24, 2.45) is 5.16 Å².